The van der Waals surface area contributed by atoms with Crippen molar-refractivity contribution in [2.45, 2.75) is 64.6 Å². The van der Waals surface area contributed by atoms with E-state index in [9.17, 15) is 5.21 Å². The second-order valence-corrected chi connectivity index (χ2v) is 6.83. The zero-order chi connectivity index (χ0) is 14.8. The molecule has 0 spiro atoms. The van der Waals surface area contributed by atoms with Gasteiger partial charge in [-0.05, 0) is 31.6 Å². The van der Waals surface area contributed by atoms with Crippen molar-refractivity contribution in [3.05, 3.63) is 5.21 Å². The molecule has 0 aromatic rings. The first kappa shape index (κ1) is 15.7. The minimum Gasteiger partial charge on any atom is -0.611 e. The van der Waals surface area contributed by atoms with Crippen molar-refractivity contribution in [1.82, 2.24) is 4.90 Å². The number of hydrogen-bond donors (Lipinski definition) is 1. The van der Waals surface area contributed by atoms with E-state index in [0.29, 0.717) is 18.4 Å². The van der Waals surface area contributed by atoms with Gasteiger partial charge in [0, 0.05) is 19.4 Å². The van der Waals surface area contributed by atoms with Gasteiger partial charge in [0.05, 0.1) is 12.6 Å². The van der Waals surface area contributed by atoms with E-state index >= 15 is 0 Å². The number of likely N-dealkylation sites (tertiary alicyclic amines) is 1. The highest BCUT2D eigenvalue weighted by Crippen LogP contribution is 2.31. The van der Waals surface area contributed by atoms with Gasteiger partial charge in [-0.25, -0.2) is 4.90 Å². The summed E-state index contributed by atoms with van der Waals surface area (Å²) in [5, 5.41) is 22.0. The van der Waals surface area contributed by atoms with Crippen molar-refractivity contribution in [3.63, 3.8) is 0 Å². The molecular formula is C15H28N4O. The smallest absolute Gasteiger partial charge is 0.160 e. The lowest BCUT2D eigenvalue weighted by molar-refractivity contribution is -0.930. The minimum atomic E-state index is -0.713. The number of hydroxylamine groups is 2. The van der Waals surface area contributed by atoms with Crippen LogP contribution in [0, 0.1) is 28.4 Å². The fourth-order valence-corrected chi connectivity index (χ4v) is 3.91. The summed E-state index contributed by atoms with van der Waals surface area (Å²) in [6.07, 6.45) is 6.26. The first-order chi connectivity index (χ1) is 9.44. The number of quaternary nitrogens is 1. The molecular weight excluding hydrogens is 252 g/mol. The molecule has 1 saturated heterocycles. The Bertz CT molecular complexity index is 365. The van der Waals surface area contributed by atoms with Gasteiger partial charge >= 0.3 is 0 Å². The van der Waals surface area contributed by atoms with Crippen LogP contribution in [0.3, 0.4) is 0 Å². The summed E-state index contributed by atoms with van der Waals surface area (Å²) in [4.78, 5) is 2.00. The van der Waals surface area contributed by atoms with Gasteiger partial charge in [-0.2, -0.15) is 11.1 Å². The number of nitrogens with two attached hydrogens (primary N) is 1. The van der Waals surface area contributed by atoms with E-state index in [1.54, 1.807) is 0 Å². The predicted molar refractivity (Wildman–Crippen MR) is 78.6 cm³/mol. The van der Waals surface area contributed by atoms with E-state index in [1.807, 2.05) is 11.8 Å². The molecule has 0 bridgehead atoms. The summed E-state index contributed by atoms with van der Waals surface area (Å²) < 4.78 is -0.713. The average Bonchev–Trinajstić information content (AvgIpc) is 2.85. The molecule has 20 heavy (non-hydrogen) atoms. The van der Waals surface area contributed by atoms with Crippen molar-refractivity contribution in [2.75, 3.05) is 13.1 Å². The number of hydrogen-bond acceptors (Lipinski definition) is 4. The van der Waals surface area contributed by atoms with Crippen LogP contribution in [0.1, 0.15) is 52.4 Å². The maximum absolute atomic E-state index is 12.8. The van der Waals surface area contributed by atoms with Crippen LogP contribution >= 0.6 is 0 Å². The van der Waals surface area contributed by atoms with Crippen LogP contribution in [0.15, 0.2) is 0 Å². The number of nitriles is 1. The Balaban J connectivity index is 1.96. The standard InChI is InChI=1S/C15H28N4O/c1-12-5-3-6-14(9-12)11-19(17,20)13(2)18-8-4-7-15(18)10-16/h12-15H,3-9,11,17H2,1-2H3. The number of rotatable bonds is 4. The molecule has 1 aliphatic carbocycles. The van der Waals surface area contributed by atoms with E-state index in [-0.39, 0.29) is 12.2 Å². The van der Waals surface area contributed by atoms with E-state index < -0.39 is 4.76 Å². The zero-order valence-electron chi connectivity index (χ0n) is 12.8. The van der Waals surface area contributed by atoms with Gasteiger partial charge in [0.15, 0.2) is 6.17 Å². The summed E-state index contributed by atoms with van der Waals surface area (Å²) >= 11 is 0. The highest BCUT2D eigenvalue weighted by atomic mass is 16.6. The maximum atomic E-state index is 12.8. The van der Waals surface area contributed by atoms with Crippen molar-refractivity contribution in [2.24, 2.45) is 17.7 Å². The molecule has 1 saturated carbocycles. The summed E-state index contributed by atoms with van der Waals surface area (Å²) in [7, 11) is 0. The first-order valence-corrected chi connectivity index (χ1v) is 7.96. The fourth-order valence-electron chi connectivity index (χ4n) is 3.91. The van der Waals surface area contributed by atoms with E-state index in [4.69, 9.17) is 11.1 Å². The summed E-state index contributed by atoms with van der Waals surface area (Å²) in [5.74, 6) is 7.21. The lowest BCUT2D eigenvalue weighted by atomic mass is 9.82. The number of nitrogens with zero attached hydrogens (tertiary/aromatic N) is 3. The Labute approximate surface area is 122 Å². The van der Waals surface area contributed by atoms with E-state index in [1.165, 1.54) is 12.8 Å². The third-order valence-electron chi connectivity index (χ3n) is 5.14. The molecule has 5 heteroatoms. The maximum Gasteiger partial charge on any atom is 0.160 e. The normalized spacial score (nSPS) is 36.2. The Kier molecular flexibility index (Phi) is 5.03. The predicted octanol–water partition coefficient (Wildman–Crippen LogP) is 2.33. The van der Waals surface area contributed by atoms with Crippen LogP contribution in [0.5, 0.6) is 0 Å². The van der Waals surface area contributed by atoms with Crippen LogP contribution in [0.2, 0.25) is 0 Å². The van der Waals surface area contributed by atoms with Gasteiger partial charge in [0.1, 0.15) is 6.04 Å². The SMILES string of the molecule is CC1CCCC(C[N+](N)([O-])C(C)N2CCCC2C#N)C1. The fraction of sp³-hybridized carbons (Fsp3) is 0.933. The van der Waals surface area contributed by atoms with Gasteiger partial charge in [0.25, 0.3) is 0 Å². The third kappa shape index (κ3) is 3.50. The van der Waals surface area contributed by atoms with Crippen molar-refractivity contribution >= 4 is 0 Å². The van der Waals surface area contributed by atoms with Gasteiger partial charge in [-0.3, -0.25) is 4.76 Å². The molecule has 1 aliphatic heterocycles. The quantitative estimate of drug-likeness (QED) is 0.487. The topological polar surface area (TPSA) is 76.1 Å². The molecule has 2 aliphatic rings. The van der Waals surface area contributed by atoms with Crippen LogP contribution in [0.25, 0.3) is 0 Å². The molecule has 0 aromatic carbocycles. The van der Waals surface area contributed by atoms with Crippen LogP contribution in [-0.4, -0.2) is 35.0 Å². The second-order valence-electron chi connectivity index (χ2n) is 6.83. The lowest BCUT2D eigenvalue weighted by Gasteiger charge is -2.48. The summed E-state index contributed by atoms with van der Waals surface area (Å²) in [6.45, 7) is 5.45. The zero-order valence-corrected chi connectivity index (χ0v) is 12.8. The molecule has 2 fully saturated rings. The van der Waals surface area contributed by atoms with Gasteiger partial charge in [0.2, 0.25) is 0 Å². The third-order valence-corrected chi connectivity index (χ3v) is 5.14. The van der Waals surface area contributed by atoms with Crippen LogP contribution in [0.4, 0.5) is 0 Å². The largest absolute Gasteiger partial charge is 0.611 e. The molecule has 1 heterocycles. The van der Waals surface area contributed by atoms with Gasteiger partial charge < -0.3 is 5.21 Å². The highest BCUT2D eigenvalue weighted by molar-refractivity contribution is 4.96. The minimum absolute atomic E-state index is 0.134. The Morgan fingerprint density at radius 2 is 2.15 bits per heavy atom. The molecule has 114 valence electrons. The van der Waals surface area contributed by atoms with Crippen molar-refractivity contribution < 1.29 is 4.76 Å². The molecule has 0 aromatic heterocycles. The summed E-state index contributed by atoms with van der Waals surface area (Å²) in [5.41, 5.74) is 0. The monoisotopic (exact) mass is 280 g/mol. The van der Waals surface area contributed by atoms with E-state index in [0.717, 1.165) is 32.2 Å². The van der Waals surface area contributed by atoms with Gasteiger partial charge in [-0.1, -0.05) is 19.8 Å². The molecule has 2 N–H and O–H groups in total. The molecule has 0 amide bonds. The molecule has 5 unspecified atom stereocenters. The Morgan fingerprint density at radius 1 is 1.40 bits per heavy atom. The van der Waals surface area contributed by atoms with Crippen LogP contribution < -0.4 is 5.84 Å². The first-order valence-electron chi connectivity index (χ1n) is 7.96. The molecule has 5 atom stereocenters. The molecule has 5 nitrogen and oxygen atoms in total. The van der Waals surface area contributed by atoms with Gasteiger partial charge in [-0.15, -0.1) is 0 Å². The lowest BCUT2D eigenvalue weighted by Crippen LogP contribution is -2.64. The molecule has 0 radical (unpaired) electrons. The Hall–Kier alpha value is -0.670. The van der Waals surface area contributed by atoms with Crippen molar-refractivity contribution in [1.29, 1.82) is 5.26 Å². The summed E-state index contributed by atoms with van der Waals surface area (Å²) in [6, 6.07) is 2.17. The second kappa shape index (κ2) is 6.40. The van der Waals surface area contributed by atoms with Crippen molar-refractivity contribution in [3.8, 4) is 6.07 Å². The Morgan fingerprint density at radius 3 is 2.80 bits per heavy atom. The average molecular weight is 280 g/mol. The van der Waals surface area contributed by atoms with E-state index in [2.05, 4.69) is 13.0 Å². The highest BCUT2D eigenvalue weighted by Gasteiger charge is 2.37. The molecule has 2 rings (SSSR count). The van der Waals surface area contributed by atoms with Crippen LogP contribution in [-0.2, 0) is 0 Å².